The summed E-state index contributed by atoms with van der Waals surface area (Å²) in [5.41, 5.74) is 5.31. The Morgan fingerprint density at radius 1 is 0.962 bits per heavy atom. The molecule has 0 bridgehead atoms. The molecule has 0 aliphatic heterocycles. The highest BCUT2D eigenvalue weighted by molar-refractivity contribution is 5.67. The number of benzene rings is 2. The van der Waals surface area contributed by atoms with Crippen molar-refractivity contribution in [2.24, 2.45) is 0 Å². The second-order valence-electron chi connectivity index (χ2n) is 6.19. The summed E-state index contributed by atoms with van der Waals surface area (Å²) in [6.45, 7) is 5.46. The molecule has 0 fully saturated rings. The van der Waals surface area contributed by atoms with E-state index in [0.29, 0.717) is 19.1 Å². The summed E-state index contributed by atoms with van der Waals surface area (Å²) < 4.78 is 5.11. The molecule has 0 radical (unpaired) electrons. The predicted octanol–water partition coefficient (Wildman–Crippen LogP) is 4.56. The van der Waals surface area contributed by atoms with Gasteiger partial charge in [-0.15, -0.1) is 0 Å². The van der Waals surface area contributed by atoms with E-state index in [1.54, 1.807) is 7.11 Å². The van der Waals surface area contributed by atoms with Gasteiger partial charge in [0.05, 0.1) is 12.3 Å². The maximum absolute atomic E-state index is 5.11. The maximum Gasteiger partial charge on any atom is 0.229 e. The van der Waals surface area contributed by atoms with Gasteiger partial charge in [0.2, 0.25) is 5.95 Å². The van der Waals surface area contributed by atoms with Crippen LogP contribution in [-0.2, 0) is 4.74 Å². The maximum atomic E-state index is 5.11. The van der Waals surface area contributed by atoms with Gasteiger partial charge in [0.25, 0.3) is 0 Å². The molecule has 0 atom stereocenters. The fourth-order valence-electron chi connectivity index (χ4n) is 2.71. The van der Waals surface area contributed by atoms with Crippen molar-refractivity contribution in [3.05, 3.63) is 65.7 Å². The average Bonchev–Trinajstić information content (AvgIpc) is 2.65. The Hall–Kier alpha value is -2.92. The van der Waals surface area contributed by atoms with Gasteiger partial charge in [0, 0.05) is 31.0 Å². The van der Waals surface area contributed by atoms with Crippen LogP contribution in [-0.4, -0.2) is 30.2 Å². The highest BCUT2D eigenvalue weighted by Gasteiger charge is 2.08. The topological polar surface area (TPSA) is 59.1 Å². The van der Waals surface area contributed by atoms with Gasteiger partial charge >= 0.3 is 0 Å². The number of hydrogen-bond acceptors (Lipinski definition) is 5. The lowest BCUT2D eigenvalue weighted by Crippen LogP contribution is -2.10. The van der Waals surface area contributed by atoms with E-state index in [4.69, 9.17) is 9.72 Å². The van der Waals surface area contributed by atoms with Gasteiger partial charge < -0.3 is 15.4 Å². The van der Waals surface area contributed by atoms with Crippen LogP contribution in [0.25, 0.3) is 11.3 Å². The molecule has 1 heterocycles. The van der Waals surface area contributed by atoms with Crippen molar-refractivity contribution in [1.82, 2.24) is 9.97 Å². The van der Waals surface area contributed by atoms with Gasteiger partial charge in [-0.1, -0.05) is 48.0 Å². The second kappa shape index (κ2) is 8.45. The fourth-order valence-corrected chi connectivity index (χ4v) is 2.71. The van der Waals surface area contributed by atoms with Gasteiger partial charge in [-0.2, -0.15) is 4.98 Å². The molecule has 3 rings (SSSR count). The van der Waals surface area contributed by atoms with Gasteiger partial charge in [-0.3, -0.25) is 0 Å². The van der Waals surface area contributed by atoms with Crippen LogP contribution in [0.1, 0.15) is 11.1 Å². The lowest BCUT2D eigenvalue weighted by molar-refractivity contribution is 0.210. The summed E-state index contributed by atoms with van der Waals surface area (Å²) >= 11 is 0. The number of aryl methyl sites for hydroxylation is 2. The van der Waals surface area contributed by atoms with E-state index in [9.17, 15) is 0 Å². The molecule has 26 heavy (non-hydrogen) atoms. The van der Waals surface area contributed by atoms with E-state index < -0.39 is 0 Å². The number of ether oxygens (including phenoxy) is 1. The number of anilines is 3. The van der Waals surface area contributed by atoms with Crippen LogP contribution in [0.15, 0.2) is 54.6 Å². The van der Waals surface area contributed by atoms with E-state index in [1.165, 1.54) is 5.56 Å². The van der Waals surface area contributed by atoms with Crippen LogP contribution >= 0.6 is 0 Å². The summed E-state index contributed by atoms with van der Waals surface area (Å²) in [5.74, 6) is 1.33. The van der Waals surface area contributed by atoms with Crippen molar-refractivity contribution in [2.75, 3.05) is 30.9 Å². The molecule has 0 saturated carbocycles. The van der Waals surface area contributed by atoms with E-state index in [-0.39, 0.29) is 0 Å². The number of nitrogens with zero attached hydrogens (tertiary/aromatic N) is 2. The Bertz CT molecular complexity index is 865. The van der Waals surface area contributed by atoms with Crippen molar-refractivity contribution < 1.29 is 4.74 Å². The zero-order valence-electron chi connectivity index (χ0n) is 15.4. The molecular weight excluding hydrogens is 324 g/mol. The highest BCUT2D eigenvalue weighted by atomic mass is 16.5. The van der Waals surface area contributed by atoms with Gasteiger partial charge in [-0.05, 0) is 25.5 Å². The third kappa shape index (κ3) is 4.58. The SMILES string of the molecule is COCCNc1cc(-c2ccccc2)nc(Nc2ccc(C)cc2C)n1. The summed E-state index contributed by atoms with van der Waals surface area (Å²) in [5, 5.41) is 6.64. The van der Waals surface area contributed by atoms with Gasteiger partial charge in [0.15, 0.2) is 0 Å². The van der Waals surface area contributed by atoms with Crippen LogP contribution in [0, 0.1) is 13.8 Å². The molecule has 2 aromatic carbocycles. The molecule has 134 valence electrons. The van der Waals surface area contributed by atoms with Crippen molar-refractivity contribution in [1.29, 1.82) is 0 Å². The highest BCUT2D eigenvalue weighted by Crippen LogP contribution is 2.24. The standard InChI is InChI=1S/C21H24N4O/c1-15-9-10-18(16(2)13-15)23-21-24-19(17-7-5-4-6-8-17)14-20(25-21)22-11-12-26-3/h4-10,13-14H,11-12H2,1-3H3,(H2,22,23,24,25). The fraction of sp³-hybridized carbons (Fsp3) is 0.238. The summed E-state index contributed by atoms with van der Waals surface area (Å²) in [6.07, 6.45) is 0. The predicted molar refractivity (Wildman–Crippen MR) is 107 cm³/mol. The first-order chi connectivity index (χ1) is 12.7. The molecule has 3 aromatic rings. The Morgan fingerprint density at radius 3 is 2.50 bits per heavy atom. The molecule has 5 nitrogen and oxygen atoms in total. The van der Waals surface area contributed by atoms with Crippen LogP contribution < -0.4 is 10.6 Å². The Morgan fingerprint density at radius 2 is 1.77 bits per heavy atom. The minimum absolute atomic E-state index is 0.568. The molecule has 0 spiro atoms. The molecule has 0 aliphatic carbocycles. The molecular formula is C21H24N4O. The van der Waals surface area contributed by atoms with E-state index in [2.05, 4.69) is 47.7 Å². The van der Waals surface area contributed by atoms with E-state index >= 15 is 0 Å². The van der Waals surface area contributed by atoms with Crippen molar-refractivity contribution >= 4 is 17.5 Å². The lowest BCUT2D eigenvalue weighted by atomic mass is 10.1. The molecule has 1 aromatic heterocycles. The second-order valence-corrected chi connectivity index (χ2v) is 6.19. The van der Waals surface area contributed by atoms with Crippen LogP contribution in [0.2, 0.25) is 0 Å². The van der Waals surface area contributed by atoms with Crippen LogP contribution in [0.3, 0.4) is 0 Å². The number of rotatable bonds is 7. The summed E-state index contributed by atoms with van der Waals surface area (Å²) in [4.78, 5) is 9.30. The van der Waals surface area contributed by atoms with Crippen molar-refractivity contribution in [3.63, 3.8) is 0 Å². The minimum atomic E-state index is 0.568. The number of hydrogen-bond donors (Lipinski definition) is 2. The van der Waals surface area contributed by atoms with Gasteiger partial charge in [0.1, 0.15) is 5.82 Å². The first-order valence-electron chi connectivity index (χ1n) is 8.67. The van der Waals surface area contributed by atoms with Crippen LogP contribution in [0.5, 0.6) is 0 Å². The summed E-state index contributed by atoms with van der Waals surface area (Å²) in [6, 6.07) is 18.3. The first-order valence-corrected chi connectivity index (χ1v) is 8.67. The lowest BCUT2D eigenvalue weighted by Gasteiger charge is -2.13. The smallest absolute Gasteiger partial charge is 0.229 e. The zero-order valence-corrected chi connectivity index (χ0v) is 15.4. The molecule has 0 saturated heterocycles. The number of aromatic nitrogens is 2. The minimum Gasteiger partial charge on any atom is -0.383 e. The Labute approximate surface area is 154 Å². The third-order valence-electron chi connectivity index (χ3n) is 4.04. The third-order valence-corrected chi connectivity index (χ3v) is 4.04. The largest absolute Gasteiger partial charge is 0.383 e. The Kier molecular flexibility index (Phi) is 5.81. The monoisotopic (exact) mass is 348 g/mol. The molecule has 0 aliphatic rings. The number of methoxy groups -OCH3 is 1. The summed E-state index contributed by atoms with van der Waals surface area (Å²) in [7, 11) is 1.68. The quantitative estimate of drug-likeness (QED) is 0.613. The molecule has 0 unspecified atom stereocenters. The van der Waals surface area contributed by atoms with Gasteiger partial charge in [-0.25, -0.2) is 4.98 Å². The number of nitrogens with one attached hydrogen (secondary N) is 2. The molecule has 0 amide bonds. The average molecular weight is 348 g/mol. The van der Waals surface area contributed by atoms with E-state index in [1.807, 2.05) is 36.4 Å². The molecule has 5 heteroatoms. The van der Waals surface area contributed by atoms with E-state index in [0.717, 1.165) is 28.3 Å². The Balaban J connectivity index is 1.93. The zero-order chi connectivity index (χ0) is 18.4. The first kappa shape index (κ1) is 17.9. The van der Waals surface area contributed by atoms with Crippen LogP contribution in [0.4, 0.5) is 17.5 Å². The molecule has 2 N–H and O–H groups in total. The van der Waals surface area contributed by atoms with Crippen molar-refractivity contribution in [3.8, 4) is 11.3 Å². The van der Waals surface area contributed by atoms with Crippen molar-refractivity contribution in [2.45, 2.75) is 13.8 Å². The normalized spacial score (nSPS) is 10.6.